The van der Waals surface area contributed by atoms with Gasteiger partial charge in [-0.3, -0.25) is 9.59 Å². The standard InChI is InChI=1S/C19H21ClN4O4S/c20-13-6-5-7-14(10-13)24-17(15-11-29(27,28)12-16(15)22-24)21-18(25)19(26)23-8-3-1-2-4-9-23/h5-7,10H,1-4,8-9,11-12H2,(H,21,25). The van der Waals surface area contributed by atoms with Crippen molar-refractivity contribution >= 4 is 39.1 Å². The average molecular weight is 437 g/mol. The number of likely N-dealkylation sites (tertiary alicyclic amines) is 1. The Morgan fingerprint density at radius 2 is 1.79 bits per heavy atom. The second-order valence-corrected chi connectivity index (χ2v) is 9.86. The van der Waals surface area contributed by atoms with Crippen molar-refractivity contribution in [2.24, 2.45) is 0 Å². The molecule has 1 N–H and O–H groups in total. The lowest BCUT2D eigenvalue weighted by atomic mass is 10.2. The van der Waals surface area contributed by atoms with Crippen LogP contribution in [0, 0.1) is 0 Å². The third kappa shape index (κ3) is 4.16. The first-order valence-corrected chi connectivity index (χ1v) is 11.7. The van der Waals surface area contributed by atoms with Gasteiger partial charge in [0.05, 0.1) is 22.9 Å². The summed E-state index contributed by atoms with van der Waals surface area (Å²) in [7, 11) is -3.32. The molecular formula is C19H21ClN4O4S. The second kappa shape index (κ2) is 7.79. The highest BCUT2D eigenvalue weighted by Gasteiger charge is 2.34. The fourth-order valence-electron chi connectivity index (χ4n) is 3.74. The maximum absolute atomic E-state index is 12.7. The van der Waals surface area contributed by atoms with E-state index >= 15 is 0 Å². The summed E-state index contributed by atoms with van der Waals surface area (Å²) in [6, 6.07) is 6.84. The van der Waals surface area contributed by atoms with Crippen molar-refractivity contribution in [3.63, 3.8) is 0 Å². The number of hydrogen-bond acceptors (Lipinski definition) is 5. The summed E-state index contributed by atoms with van der Waals surface area (Å²) in [4.78, 5) is 26.9. The number of benzene rings is 1. The lowest BCUT2D eigenvalue weighted by Crippen LogP contribution is -2.40. The summed E-state index contributed by atoms with van der Waals surface area (Å²) < 4.78 is 25.5. The molecule has 4 rings (SSSR count). The zero-order valence-electron chi connectivity index (χ0n) is 15.7. The molecule has 2 aromatic rings. The van der Waals surface area contributed by atoms with Crippen molar-refractivity contribution in [3.05, 3.63) is 40.5 Å². The van der Waals surface area contributed by atoms with E-state index in [4.69, 9.17) is 11.6 Å². The van der Waals surface area contributed by atoms with Gasteiger partial charge in [-0.15, -0.1) is 0 Å². The number of nitrogens with zero attached hydrogens (tertiary/aromatic N) is 3. The maximum Gasteiger partial charge on any atom is 0.315 e. The predicted molar refractivity (Wildman–Crippen MR) is 109 cm³/mol. The first-order chi connectivity index (χ1) is 13.8. The van der Waals surface area contributed by atoms with Crippen molar-refractivity contribution in [1.82, 2.24) is 14.7 Å². The highest BCUT2D eigenvalue weighted by atomic mass is 35.5. The Bertz CT molecular complexity index is 1070. The van der Waals surface area contributed by atoms with E-state index in [0.717, 1.165) is 25.7 Å². The van der Waals surface area contributed by atoms with Gasteiger partial charge in [0.25, 0.3) is 0 Å². The van der Waals surface area contributed by atoms with Crippen molar-refractivity contribution < 1.29 is 18.0 Å². The summed E-state index contributed by atoms with van der Waals surface area (Å²) in [6.07, 6.45) is 3.82. The van der Waals surface area contributed by atoms with Gasteiger partial charge in [-0.1, -0.05) is 30.5 Å². The van der Waals surface area contributed by atoms with Crippen LogP contribution in [0.4, 0.5) is 5.82 Å². The molecule has 3 heterocycles. The SMILES string of the molecule is O=C(Nc1c2c(nn1-c1cccc(Cl)c1)CS(=O)(=O)C2)C(=O)N1CCCCCC1. The van der Waals surface area contributed by atoms with Crippen molar-refractivity contribution in [1.29, 1.82) is 0 Å². The highest BCUT2D eigenvalue weighted by molar-refractivity contribution is 7.90. The van der Waals surface area contributed by atoms with E-state index in [-0.39, 0.29) is 17.3 Å². The second-order valence-electron chi connectivity index (χ2n) is 7.36. The Kier molecular flexibility index (Phi) is 5.35. The molecular weight excluding hydrogens is 416 g/mol. The van der Waals surface area contributed by atoms with Gasteiger partial charge in [0.2, 0.25) is 0 Å². The molecule has 1 aromatic carbocycles. The van der Waals surface area contributed by atoms with Crippen LogP contribution in [0.15, 0.2) is 24.3 Å². The van der Waals surface area contributed by atoms with Gasteiger partial charge in [-0.05, 0) is 31.0 Å². The van der Waals surface area contributed by atoms with Gasteiger partial charge in [0.15, 0.2) is 9.84 Å². The monoisotopic (exact) mass is 436 g/mol. The Morgan fingerprint density at radius 1 is 1.07 bits per heavy atom. The van der Waals surface area contributed by atoms with Gasteiger partial charge in [0, 0.05) is 23.7 Å². The van der Waals surface area contributed by atoms with E-state index in [0.29, 0.717) is 35.1 Å². The Labute approximate surface area is 173 Å². The topological polar surface area (TPSA) is 101 Å². The minimum atomic E-state index is -3.32. The minimum absolute atomic E-state index is 0.196. The van der Waals surface area contributed by atoms with Gasteiger partial charge >= 0.3 is 11.8 Å². The number of carbonyl (C=O) groups is 2. The van der Waals surface area contributed by atoms with Gasteiger partial charge in [-0.25, -0.2) is 13.1 Å². The first-order valence-electron chi connectivity index (χ1n) is 9.51. The zero-order valence-corrected chi connectivity index (χ0v) is 17.3. The molecule has 154 valence electrons. The number of aromatic nitrogens is 2. The number of fused-ring (bicyclic) bond motifs is 1. The summed E-state index contributed by atoms with van der Waals surface area (Å²) in [5, 5.41) is 7.48. The molecule has 2 aliphatic heterocycles. The number of hydrogen-bond donors (Lipinski definition) is 1. The van der Waals surface area contributed by atoms with Crippen LogP contribution < -0.4 is 5.32 Å². The quantitative estimate of drug-likeness (QED) is 0.728. The number of nitrogens with one attached hydrogen (secondary N) is 1. The van der Waals surface area contributed by atoms with E-state index in [1.807, 2.05) is 0 Å². The Morgan fingerprint density at radius 3 is 2.48 bits per heavy atom. The number of halogens is 1. The molecule has 1 saturated heterocycles. The summed E-state index contributed by atoms with van der Waals surface area (Å²) >= 11 is 6.07. The Hall–Kier alpha value is -2.39. The van der Waals surface area contributed by atoms with Crippen LogP contribution in [-0.2, 0) is 30.9 Å². The Balaban J connectivity index is 1.67. The lowest BCUT2D eigenvalue weighted by molar-refractivity contribution is -0.143. The molecule has 8 nitrogen and oxygen atoms in total. The van der Waals surface area contributed by atoms with Crippen LogP contribution in [0.1, 0.15) is 36.9 Å². The fraction of sp³-hybridized carbons (Fsp3) is 0.421. The first kappa shape index (κ1) is 19.9. The molecule has 1 fully saturated rings. The normalized spacial score (nSPS) is 18.2. The smallest absolute Gasteiger partial charge is 0.315 e. The largest absolute Gasteiger partial charge is 0.334 e. The number of rotatable bonds is 2. The summed E-state index contributed by atoms with van der Waals surface area (Å²) in [6.45, 7) is 1.10. The zero-order chi connectivity index (χ0) is 20.6. The highest BCUT2D eigenvalue weighted by Crippen LogP contribution is 2.33. The van der Waals surface area contributed by atoms with Crippen LogP contribution in [-0.4, -0.2) is 48.0 Å². The van der Waals surface area contributed by atoms with E-state index < -0.39 is 21.7 Å². The molecule has 0 radical (unpaired) electrons. The number of carbonyl (C=O) groups excluding carboxylic acids is 2. The van der Waals surface area contributed by atoms with E-state index in [2.05, 4.69) is 10.4 Å². The molecule has 0 aliphatic carbocycles. The third-order valence-corrected chi connectivity index (χ3v) is 6.84. The van der Waals surface area contributed by atoms with Crippen molar-refractivity contribution in [3.8, 4) is 5.69 Å². The molecule has 29 heavy (non-hydrogen) atoms. The van der Waals surface area contributed by atoms with Crippen LogP contribution in [0.25, 0.3) is 5.69 Å². The summed E-state index contributed by atoms with van der Waals surface area (Å²) in [5.74, 6) is -1.62. The number of anilines is 1. The molecule has 1 aromatic heterocycles. The number of sulfone groups is 1. The molecule has 0 spiro atoms. The molecule has 2 amide bonds. The molecule has 0 bridgehead atoms. The van der Waals surface area contributed by atoms with Gasteiger partial charge in [0.1, 0.15) is 5.82 Å². The van der Waals surface area contributed by atoms with Crippen molar-refractivity contribution in [2.75, 3.05) is 18.4 Å². The van der Waals surface area contributed by atoms with Crippen LogP contribution in [0.5, 0.6) is 0 Å². The van der Waals surface area contributed by atoms with E-state index in [1.54, 1.807) is 29.2 Å². The van der Waals surface area contributed by atoms with E-state index in [1.165, 1.54) is 4.68 Å². The third-order valence-electron chi connectivity index (χ3n) is 5.16. The maximum atomic E-state index is 12.7. The van der Waals surface area contributed by atoms with Gasteiger partial charge in [-0.2, -0.15) is 5.10 Å². The fourth-order valence-corrected chi connectivity index (χ4v) is 5.42. The molecule has 0 unspecified atom stereocenters. The molecule has 10 heteroatoms. The predicted octanol–water partition coefficient (Wildman–Crippen LogP) is 2.30. The van der Waals surface area contributed by atoms with Gasteiger partial charge < -0.3 is 10.2 Å². The minimum Gasteiger partial charge on any atom is -0.334 e. The molecule has 0 atom stereocenters. The van der Waals surface area contributed by atoms with Crippen LogP contribution in [0.2, 0.25) is 5.02 Å². The lowest BCUT2D eigenvalue weighted by Gasteiger charge is -2.20. The number of amides is 2. The van der Waals surface area contributed by atoms with Crippen LogP contribution >= 0.6 is 11.6 Å². The average Bonchev–Trinajstić information content (AvgIpc) is 2.99. The molecule has 2 aliphatic rings. The van der Waals surface area contributed by atoms with Crippen LogP contribution in [0.3, 0.4) is 0 Å². The summed E-state index contributed by atoms with van der Waals surface area (Å²) in [5.41, 5.74) is 1.37. The van der Waals surface area contributed by atoms with E-state index in [9.17, 15) is 18.0 Å². The van der Waals surface area contributed by atoms with Crippen molar-refractivity contribution in [2.45, 2.75) is 37.2 Å². The molecule has 0 saturated carbocycles.